The third-order valence-electron chi connectivity index (χ3n) is 2.78. The molecule has 0 atom stereocenters. The van der Waals surface area contributed by atoms with Gasteiger partial charge in [-0.3, -0.25) is 9.78 Å². The number of carbonyl (C=O) groups is 1. The Bertz CT molecular complexity index is 800. The van der Waals surface area contributed by atoms with Crippen molar-refractivity contribution in [2.24, 2.45) is 0 Å². The largest absolute Gasteiger partial charge is 0.319 e. The minimum atomic E-state index is -0.216. The topological polar surface area (TPSA) is 54.9 Å². The van der Waals surface area contributed by atoms with E-state index in [0.29, 0.717) is 11.4 Å². The number of rotatable bonds is 2. The van der Waals surface area contributed by atoms with Crippen LogP contribution in [0.2, 0.25) is 0 Å². The van der Waals surface area contributed by atoms with Gasteiger partial charge in [0.15, 0.2) is 0 Å². The van der Waals surface area contributed by atoms with E-state index in [4.69, 9.17) is 0 Å². The van der Waals surface area contributed by atoms with Crippen molar-refractivity contribution < 1.29 is 4.79 Å². The summed E-state index contributed by atoms with van der Waals surface area (Å²) in [4.78, 5) is 20.7. The predicted molar refractivity (Wildman–Crippen MR) is 84.2 cm³/mol. The molecule has 0 aliphatic rings. The lowest BCUT2D eigenvalue weighted by molar-refractivity contribution is 0.102. The molecule has 20 heavy (non-hydrogen) atoms. The standard InChI is InChI=1S/C14H10BrN3OS/c1-8-17-12(7-20-8)14(19)18-11-4-2-3-9-5-10(15)6-16-13(9)11/h2-7H,1H3,(H,18,19). The van der Waals surface area contributed by atoms with Gasteiger partial charge in [0.05, 0.1) is 16.2 Å². The van der Waals surface area contributed by atoms with Gasteiger partial charge in [-0.1, -0.05) is 12.1 Å². The number of nitrogens with zero attached hydrogens (tertiary/aromatic N) is 2. The summed E-state index contributed by atoms with van der Waals surface area (Å²) in [7, 11) is 0. The van der Waals surface area contributed by atoms with E-state index in [1.165, 1.54) is 11.3 Å². The minimum absolute atomic E-state index is 0.216. The van der Waals surface area contributed by atoms with Gasteiger partial charge in [0.1, 0.15) is 5.69 Å². The smallest absolute Gasteiger partial charge is 0.275 e. The number of pyridine rings is 1. The van der Waals surface area contributed by atoms with Crippen molar-refractivity contribution in [1.29, 1.82) is 0 Å². The zero-order valence-electron chi connectivity index (χ0n) is 10.6. The number of anilines is 1. The predicted octanol–water partition coefficient (Wildman–Crippen LogP) is 4.01. The fraction of sp³-hybridized carbons (Fsp3) is 0.0714. The summed E-state index contributed by atoms with van der Waals surface area (Å²) >= 11 is 4.84. The number of aromatic nitrogens is 2. The van der Waals surface area contributed by atoms with E-state index >= 15 is 0 Å². The summed E-state index contributed by atoms with van der Waals surface area (Å²) in [6, 6.07) is 7.64. The van der Waals surface area contributed by atoms with Crippen molar-refractivity contribution in [1.82, 2.24) is 9.97 Å². The molecule has 0 radical (unpaired) electrons. The quantitative estimate of drug-likeness (QED) is 0.761. The molecule has 1 aromatic carbocycles. The maximum Gasteiger partial charge on any atom is 0.275 e. The van der Waals surface area contributed by atoms with E-state index in [0.717, 1.165) is 20.4 Å². The van der Waals surface area contributed by atoms with Crippen molar-refractivity contribution >= 4 is 49.8 Å². The summed E-state index contributed by atoms with van der Waals surface area (Å²) in [6.45, 7) is 1.87. The summed E-state index contributed by atoms with van der Waals surface area (Å²) in [5, 5.41) is 6.45. The number of benzene rings is 1. The third-order valence-corrected chi connectivity index (χ3v) is 3.98. The lowest BCUT2D eigenvalue weighted by Gasteiger charge is -2.07. The van der Waals surface area contributed by atoms with Gasteiger partial charge in [-0.05, 0) is 35.0 Å². The number of hydrogen-bond acceptors (Lipinski definition) is 4. The van der Waals surface area contributed by atoms with E-state index < -0.39 is 0 Å². The molecule has 0 saturated carbocycles. The molecular formula is C14H10BrN3OS. The second kappa shape index (κ2) is 5.30. The number of nitrogens with one attached hydrogen (secondary N) is 1. The fourth-order valence-corrected chi connectivity index (χ4v) is 2.83. The average Bonchev–Trinajstić information content (AvgIpc) is 2.85. The minimum Gasteiger partial charge on any atom is -0.319 e. The van der Waals surface area contributed by atoms with Crippen LogP contribution in [0.1, 0.15) is 15.5 Å². The van der Waals surface area contributed by atoms with Gasteiger partial charge in [0.25, 0.3) is 5.91 Å². The Balaban J connectivity index is 1.97. The van der Waals surface area contributed by atoms with Crippen LogP contribution in [-0.4, -0.2) is 15.9 Å². The lowest BCUT2D eigenvalue weighted by Crippen LogP contribution is -2.12. The summed E-state index contributed by atoms with van der Waals surface area (Å²) < 4.78 is 0.906. The monoisotopic (exact) mass is 347 g/mol. The summed E-state index contributed by atoms with van der Waals surface area (Å²) in [5.41, 5.74) is 1.88. The highest BCUT2D eigenvalue weighted by Crippen LogP contribution is 2.24. The first-order chi connectivity index (χ1) is 9.63. The van der Waals surface area contributed by atoms with Gasteiger partial charge in [-0.15, -0.1) is 11.3 Å². The molecule has 0 aliphatic carbocycles. The molecule has 3 rings (SSSR count). The van der Waals surface area contributed by atoms with Crippen LogP contribution < -0.4 is 5.32 Å². The van der Waals surface area contributed by atoms with Crippen molar-refractivity contribution in [3.05, 3.63) is 51.0 Å². The highest BCUT2D eigenvalue weighted by atomic mass is 79.9. The average molecular weight is 348 g/mol. The summed E-state index contributed by atoms with van der Waals surface area (Å²) in [5.74, 6) is -0.216. The number of para-hydroxylation sites is 1. The molecule has 0 fully saturated rings. The Morgan fingerprint density at radius 2 is 2.25 bits per heavy atom. The number of amides is 1. The molecule has 0 unspecified atom stereocenters. The highest BCUT2D eigenvalue weighted by Gasteiger charge is 2.11. The van der Waals surface area contributed by atoms with Crippen LogP contribution >= 0.6 is 27.3 Å². The SMILES string of the molecule is Cc1nc(C(=O)Nc2cccc3cc(Br)cnc23)cs1. The molecule has 3 aromatic rings. The van der Waals surface area contributed by atoms with Crippen molar-refractivity contribution in [2.75, 3.05) is 5.32 Å². The van der Waals surface area contributed by atoms with Gasteiger partial charge < -0.3 is 5.32 Å². The zero-order chi connectivity index (χ0) is 14.1. The molecule has 2 heterocycles. The van der Waals surface area contributed by atoms with Crippen LogP contribution in [0.4, 0.5) is 5.69 Å². The molecule has 100 valence electrons. The molecule has 0 saturated heterocycles. The van der Waals surface area contributed by atoms with Crippen LogP contribution in [0.15, 0.2) is 40.3 Å². The van der Waals surface area contributed by atoms with Crippen LogP contribution in [-0.2, 0) is 0 Å². The Kier molecular flexibility index (Phi) is 3.50. The van der Waals surface area contributed by atoms with Gasteiger partial charge in [0.2, 0.25) is 0 Å². The molecule has 2 aromatic heterocycles. The van der Waals surface area contributed by atoms with E-state index in [1.54, 1.807) is 11.6 Å². The van der Waals surface area contributed by atoms with Gasteiger partial charge >= 0.3 is 0 Å². The Morgan fingerprint density at radius 3 is 3.00 bits per heavy atom. The molecule has 6 heteroatoms. The van der Waals surface area contributed by atoms with Crippen molar-refractivity contribution in [3.8, 4) is 0 Å². The number of halogens is 1. The maximum atomic E-state index is 12.1. The zero-order valence-corrected chi connectivity index (χ0v) is 13.0. The number of hydrogen-bond donors (Lipinski definition) is 1. The third kappa shape index (κ3) is 2.57. The molecular weight excluding hydrogens is 338 g/mol. The van der Waals surface area contributed by atoms with E-state index in [2.05, 4.69) is 31.2 Å². The van der Waals surface area contributed by atoms with Crippen LogP contribution in [0.5, 0.6) is 0 Å². The Hall–Kier alpha value is -1.79. The lowest BCUT2D eigenvalue weighted by atomic mass is 10.2. The fourth-order valence-electron chi connectivity index (χ4n) is 1.89. The highest BCUT2D eigenvalue weighted by molar-refractivity contribution is 9.10. The molecule has 0 spiro atoms. The van der Waals surface area contributed by atoms with Crippen molar-refractivity contribution in [3.63, 3.8) is 0 Å². The van der Waals surface area contributed by atoms with Crippen LogP contribution in [0.3, 0.4) is 0 Å². The first kappa shape index (κ1) is 13.2. The van der Waals surface area contributed by atoms with Gasteiger partial charge in [0, 0.05) is 21.4 Å². The molecule has 0 bridgehead atoms. The van der Waals surface area contributed by atoms with Crippen molar-refractivity contribution in [2.45, 2.75) is 6.92 Å². The number of carbonyl (C=O) groups excluding carboxylic acids is 1. The van der Waals surface area contributed by atoms with Crippen LogP contribution in [0, 0.1) is 6.92 Å². The van der Waals surface area contributed by atoms with Gasteiger partial charge in [-0.25, -0.2) is 4.98 Å². The second-order valence-electron chi connectivity index (χ2n) is 4.24. The normalized spacial score (nSPS) is 10.7. The van der Waals surface area contributed by atoms with Crippen LogP contribution in [0.25, 0.3) is 10.9 Å². The molecule has 1 N–H and O–H groups in total. The van der Waals surface area contributed by atoms with E-state index in [-0.39, 0.29) is 5.91 Å². The van der Waals surface area contributed by atoms with Gasteiger partial charge in [-0.2, -0.15) is 0 Å². The molecule has 0 aliphatic heterocycles. The first-order valence-electron chi connectivity index (χ1n) is 5.91. The van der Waals surface area contributed by atoms with E-state index in [1.807, 2.05) is 31.2 Å². The molecule has 1 amide bonds. The second-order valence-corrected chi connectivity index (χ2v) is 6.21. The summed E-state index contributed by atoms with van der Waals surface area (Å²) in [6.07, 6.45) is 1.71. The first-order valence-corrected chi connectivity index (χ1v) is 7.58. The number of aryl methyl sites for hydroxylation is 1. The van der Waals surface area contributed by atoms with E-state index in [9.17, 15) is 4.79 Å². The Morgan fingerprint density at radius 1 is 1.40 bits per heavy atom. The maximum absolute atomic E-state index is 12.1. The number of fused-ring (bicyclic) bond motifs is 1. The molecule has 4 nitrogen and oxygen atoms in total. The number of thiazole rings is 1. The Labute approximate surface area is 128 Å².